The Morgan fingerprint density at radius 3 is 2.17 bits per heavy atom. The highest BCUT2D eigenvalue weighted by atomic mass is 16.2. The number of para-hydroxylation sites is 2. The van der Waals surface area contributed by atoms with Crippen LogP contribution in [0, 0.1) is 0 Å². The fourth-order valence-electron chi connectivity index (χ4n) is 5.74. The molecule has 8 nitrogen and oxygen atoms in total. The summed E-state index contributed by atoms with van der Waals surface area (Å²) in [6.07, 6.45) is 7.14. The predicted octanol–water partition coefficient (Wildman–Crippen LogP) is 3.73. The lowest BCUT2D eigenvalue weighted by Crippen LogP contribution is -2.49. The molecule has 2 aliphatic heterocycles. The Balaban J connectivity index is 1.04. The van der Waals surface area contributed by atoms with Crippen LogP contribution in [0.1, 0.15) is 42.1 Å². The number of piperidine rings is 2. The minimum absolute atomic E-state index is 0.00507. The number of aromatic nitrogens is 4. The van der Waals surface area contributed by atoms with Crippen molar-refractivity contribution in [2.45, 2.75) is 37.8 Å². The SMILES string of the molecule is O=C(c1cnc(-c2ccccc2)nc1)N1CCC(N2CCC(n3c(=O)[nH]c4ccccc43)CC2)CC1. The molecule has 6 rings (SSSR count). The Kier molecular flexibility index (Phi) is 6.11. The number of carbonyl (C=O) groups is 1. The lowest BCUT2D eigenvalue weighted by Gasteiger charge is -2.42. The summed E-state index contributed by atoms with van der Waals surface area (Å²) in [6, 6.07) is 18.4. The number of carbonyl (C=O) groups excluding carboxylic acids is 1. The summed E-state index contributed by atoms with van der Waals surface area (Å²) in [6.45, 7) is 3.44. The van der Waals surface area contributed by atoms with Gasteiger partial charge in [0.05, 0.1) is 16.6 Å². The minimum Gasteiger partial charge on any atom is -0.338 e. The Morgan fingerprint density at radius 2 is 1.44 bits per heavy atom. The number of hydrogen-bond donors (Lipinski definition) is 1. The standard InChI is InChI=1S/C28H30N6O2/c35-27(21-18-29-26(30-19-21)20-6-2-1-3-7-20)33-16-10-22(11-17-33)32-14-12-23(13-15-32)34-25-9-5-4-8-24(25)31-28(34)36/h1-9,18-19,22-23H,10-17H2,(H,31,36). The van der Waals surface area contributed by atoms with Gasteiger partial charge in [0.1, 0.15) is 0 Å². The molecule has 2 fully saturated rings. The van der Waals surface area contributed by atoms with Crippen molar-refractivity contribution in [3.05, 3.63) is 83.0 Å². The van der Waals surface area contributed by atoms with Gasteiger partial charge in [-0.3, -0.25) is 9.36 Å². The summed E-state index contributed by atoms with van der Waals surface area (Å²) in [7, 11) is 0. The first-order chi connectivity index (χ1) is 17.7. The van der Waals surface area contributed by atoms with E-state index >= 15 is 0 Å². The first kappa shape index (κ1) is 22.7. The molecular weight excluding hydrogens is 452 g/mol. The summed E-state index contributed by atoms with van der Waals surface area (Å²) in [5, 5.41) is 0. The van der Waals surface area contributed by atoms with Crippen molar-refractivity contribution < 1.29 is 4.79 Å². The summed E-state index contributed by atoms with van der Waals surface area (Å²) in [5.41, 5.74) is 3.37. The molecule has 1 amide bonds. The largest absolute Gasteiger partial charge is 0.338 e. The number of imidazole rings is 1. The molecule has 4 heterocycles. The van der Waals surface area contributed by atoms with Gasteiger partial charge in [-0.15, -0.1) is 0 Å². The fourth-order valence-corrected chi connectivity index (χ4v) is 5.74. The van der Waals surface area contributed by atoms with Crippen molar-refractivity contribution in [3.8, 4) is 11.4 Å². The molecule has 0 unspecified atom stereocenters. The number of nitrogens with zero attached hydrogens (tertiary/aromatic N) is 5. The van der Waals surface area contributed by atoms with Crippen molar-refractivity contribution in [3.63, 3.8) is 0 Å². The Bertz CT molecular complexity index is 1400. The number of H-pyrrole nitrogens is 1. The van der Waals surface area contributed by atoms with Crippen LogP contribution in [0.4, 0.5) is 0 Å². The third kappa shape index (κ3) is 4.33. The molecule has 36 heavy (non-hydrogen) atoms. The second-order valence-corrected chi connectivity index (χ2v) is 9.77. The highest BCUT2D eigenvalue weighted by Crippen LogP contribution is 2.28. The van der Waals surface area contributed by atoms with Gasteiger partial charge in [0.15, 0.2) is 5.82 Å². The lowest BCUT2D eigenvalue weighted by atomic mass is 9.97. The van der Waals surface area contributed by atoms with E-state index in [1.807, 2.05) is 64.1 Å². The molecule has 8 heteroatoms. The number of likely N-dealkylation sites (tertiary alicyclic amines) is 2. The molecule has 0 atom stereocenters. The number of amides is 1. The van der Waals surface area contributed by atoms with Gasteiger partial charge in [-0.25, -0.2) is 14.8 Å². The molecule has 1 N–H and O–H groups in total. The van der Waals surface area contributed by atoms with Crippen LogP contribution in [-0.4, -0.2) is 67.4 Å². The van der Waals surface area contributed by atoms with E-state index in [1.54, 1.807) is 12.4 Å². The van der Waals surface area contributed by atoms with Crippen LogP contribution >= 0.6 is 0 Å². The van der Waals surface area contributed by atoms with Gasteiger partial charge >= 0.3 is 5.69 Å². The number of benzene rings is 2. The second-order valence-electron chi connectivity index (χ2n) is 9.77. The second kappa shape index (κ2) is 9.70. The van der Waals surface area contributed by atoms with E-state index in [0.717, 1.165) is 68.5 Å². The van der Waals surface area contributed by atoms with Gasteiger partial charge in [-0.1, -0.05) is 42.5 Å². The molecule has 2 aliphatic rings. The van der Waals surface area contributed by atoms with E-state index in [-0.39, 0.29) is 17.6 Å². The molecular formula is C28H30N6O2. The Morgan fingerprint density at radius 1 is 0.806 bits per heavy atom. The monoisotopic (exact) mass is 482 g/mol. The maximum Gasteiger partial charge on any atom is 0.326 e. The number of rotatable bonds is 4. The smallest absolute Gasteiger partial charge is 0.326 e. The van der Waals surface area contributed by atoms with Crippen LogP contribution in [0.3, 0.4) is 0 Å². The van der Waals surface area contributed by atoms with Crippen molar-refractivity contribution in [2.75, 3.05) is 26.2 Å². The molecule has 0 aliphatic carbocycles. The zero-order valence-corrected chi connectivity index (χ0v) is 20.2. The first-order valence-corrected chi connectivity index (χ1v) is 12.8. The van der Waals surface area contributed by atoms with E-state index in [0.29, 0.717) is 17.4 Å². The molecule has 0 radical (unpaired) electrons. The third-order valence-corrected chi connectivity index (χ3v) is 7.69. The van der Waals surface area contributed by atoms with Crippen LogP contribution in [0.5, 0.6) is 0 Å². The molecule has 2 saturated heterocycles. The molecule has 184 valence electrons. The molecule has 2 aromatic carbocycles. The normalized spacial score (nSPS) is 18.1. The Hall–Kier alpha value is -3.78. The average molecular weight is 483 g/mol. The molecule has 0 saturated carbocycles. The van der Waals surface area contributed by atoms with Crippen LogP contribution in [-0.2, 0) is 0 Å². The van der Waals surface area contributed by atoms with Gasteiger partial charge in [0.25, 0.3) is 5.91 Å². The van der Waals surface area contributed by atoms with Gasteiger partial charge in [0.2, 0.25) is 0 Å². The highest BCUT2D eigenvalue weighted by Gasteiger charge is 2.31. The lowest BCUT2D eigenvalue weighted by molar-refractivity contribution is 0.0557. The van der Waals surface area contributed by atoms with E-state index in [1.165, 1.54) is 0 Å². The van der Waals surface area contributed by atoms with Crippen molar-refractivity contribution in [2.24, 2.45) is 0 Å². The summed E-state index contributed by atoms with van der Waals surface area (Å²) in [4.78, 5) is 41.9. The number of fused-ring (bicyclic) bond motifs is 1. The van der Waals surface area contributed by atoms with Crippen LogP contribution in [0.25, 0.3) is 22.4 Å². The molecule has 0 spiro atoms. The summed E-state index contributed by atoms with van der Waals surface area (Å²) >= 11 is 0. The molecule has 2 aromatic heterocycles. The number of aromatic amines is 1. The third-order valence-electron chi connectivity index (χ3n) is 7.69. The van der Waals surface area contributed by atoms with Gasteiger partial charge in [-0.2, -0.15) is 0 Å². The first-order valence-electron chi connectivity index (χ1n) is 12.8. The van der Waals surface area contributed by atoms with E-state index in [9.17, 15) is 9.59 Å². The number of hydrogen-bond acceptors (Lipinski definition) is 5. The van der Waals surface area contributed by atoms with Gasteiger partial charge < -0.3 is 14.8 Å². The summed E-state index contributed by atoms with van der Waals surface area (Å²) in [5.74, 6) is 0.634. The summed E-state index contributed by atoms with van der Waals surface area (Å²) < 4.78 is 1.94. The van der Waals surface area contributed by atoms with Crippen molar-refractivity contribution in [1.82, 2.24) is 29.3 Å². The maximum absolute atomic E-state index is 13.0. The van der Waals surface area contributed by atoms with E-state index in [4.69, 9.17) is 0 Å². The van der Waals surface area contributed by atoms with Crippen LogP contribution < -0.4 is 5.69 Å². The average Bonchev–Trinajstić information content (AvgIpc) is 3.29. The molecule has 4 aromatic rings. The quantitative estimate of drug-likeness (QED) is 0.479. The Labute approximate surface area is 209 Å². The van der Waals surface area contributed by atoms with E-state index in [2.05, 4.69) is 19.9 Å². The number of nitrogens with one attached hydrogen (secondary N) is 1. The maximum atomic E-state index is 13.0. The fraction of sp³-hybridized carbons (Fsp3) is 0.357. The van der Waals surface area contributed by atoms with Crippen LogP contribution in [0.15, 0.2) is 71.8 Å². The zero-order chi connectivity index (χ0) is 24.5. The zero-order valence-electron chi connectivity index (χ0n) is 20.2. The predicted molar refractivity (Wildman–Crippen MR) is 139 cm³/mol. The minimum atomic E-state index is -0.0118. The van der Waals surface area contributed by atoms with Crippen molar-refractivity contribution >= 4 is 16.9 Å². The molecule has 0 bridgehead atoms. The van der Waals surface area contributed by atoms with E-state index < -0.39 is 0 Å². The van der Waals surface area contributed by atoms with Crippen molar-refractivity contribution in [1.29, 1.82) is 0 Å². The highest BCUT2D eigenvalue weighted by molar-refractivity contribution is 5.93. The van der Waals surface area contributed by atoms with Crippen LogP contribution in [0.2, 0.25) is 0 Å². The topological polar surface area (TPSA) is 87.1 Å². The van der Waals surface area contributed by atoms with Gasteiger partial charge in [0, 0.05) is 56.2 Å². The van der Waals surface area contributed by atoms with Gasteiger partial charge in [-0.05, 0) is 37.8 Å².